The predicted octanol–water partition coefficient (Wildman–Crippen LogP) is -1.47. The molecule has 0 aromatic rings. The van der Waals surface area contributed by atoms with Crippen LogP contribution in [0.25, 0.3) is 0 Å². The van der Waals surface area contributed by atoms with Gasteiger partial charge in [-0.25, -0.2) is 0 Å². The minimum atomic E-state index is 0. The summed E-state index contributed by atoms with van der Waals surface area (Å²) >= 11 is 0. The third-order valence-electron chi connectivity index (χ3n) is 0. The van der Waals surface area contributed by atoms with Crippen LogP contribution in [0.2, 0.25) is 0 Å². The van der Waals surface area contributed by atoms with E-state index in [1.54, 1.807) is 0 Å². The molecule has 0 aromatic heterocycles. The maximum atomic E-state index is 0. The van der Waals surface area contributed by atoms with E-state index in [0.717, 1.165) is 0 Å². The first-order valence-electron chi connectivity index (χ1n) is 0. The largest absolute Gasteiger partial charge is 2.00 e. The fraction of sp³-hybridized carbons (Fsp3) is 0. The molecule has 0 fully saturated rings. The minimum Gasteiger partial charge on any atom is -0.870 e. The van der Waals surface area contributed by atoms with Gasteiger partial charge in [-0.1, -0.05) is 0 Å². The van der Waals surface area contributed by atoms with Crippen molar-refractivity contribution in [3.63, 3.8) is 0 Å². The molecule has 0 spiro atoms. The Labute approximate surface area is 96.2 Å². The van der Waals surface area contributed by atoms with Crippen LogP contribution in [0.1, 0.15) is 0 Å². The van der Waals surface area contributed by atoms with Crippen molar-refractivity contribution in [1.29, 1.82) is 0 Å². The molecule has 0 aliphatic heterocycles. The topological polar surface area (TPSA) is 120 Å². The fourth-order valence-corrected chi connectivity index (χ4v) is 0. The van der Waals surface area contributed by atoms with E-state index < -0.39 is 0 Å². The van der Waals surface area contributed by atoms with Crippen molar-refractivity contribution in [3.8, 4) is 0 Å². The van der Waals surface area contributed by atoms with E-state index in [2.05, 4.69) is 0 Å². The monoisotopic (exact) mass is 414 g/mol. The maximum absolute atomic E-state index is 0. The molecule has 0 saturated carbocycles. The summed E-state index contributed by atoms with van der Waals surface area (Å²) in [4.78, 5) is 0. The van der Waals surface area contributed by atoms with Gasteiger partial charge in [0.1, 0.15) is 0 Å². The van der Waals surface area contributed by atoms with Crippen molar-refractivity contribution >= 4 is 76.2 Å². The zero-order valence-corrected chi connectivity index (χ0v) is 11.3. The second-order valence-electron chi connectivity index (χ2n) is 0. The van der Waals surface area contributed by atoms with Crippen LogP contribution in [-0.2, 0) is 0 Å². The molecule has 0 saturated heterocycles. The smallest absolute Gasteiger partial charge is 0.870 e. The van der Waals surface area contributed by atoms with Gasteiger partial charge in [-0.05, 0) is 0 Å². The Morgan fingerprint density at radius 1 is 0.500 bits per heavy atom. The Balaban J connectivity index is 0. The third kappa shape index (κ3) is 33.1. The molecule has 4 nitrogen and oxygen atoms in total. The quantitative estimate of drug-likeness (QED) is 0.451. The Hall–Kier alpha value is 2.33. The zero-order valence-electron chi connectivity index (χ0n) is 3.00. The van der Waals surface area contributed by atoms with Crippen LogP contribution in [0.3, 0.4) is 0 Å². The van der Waals surface area contributed by atoms with Gasteiger partial charge in [0.25, 0.3) is 0 Å². The predicted molar refractivity (Wildman–Crippen MR) is 19.3 cm³/mol. The van der Waals surface area contributed by atoms with E-state index in [4.69, 9.17) is 0 Å². The molecule has 4 N–H and O–H groups in total. The van der Waals surface area contributed by atoms with Gasteiger partial charge in [0.2, 0.25) is 0 Å². The van der Waals surface area contributed by atoms with Crippen LogP contribution in [0, 0.1) is 0 Å². The first-order chi connectivity index (χ1) is 0. The SMILES string of the molecule is [Ba+2].[OH-].[OH-].[OH-].[OH-].[Pb+2]. The molecule has 0 unspecified atom stereocenters. The summed E-state index contributed by atoms with van der Waals surface area (Å²) in [6, 6.07) is 0. The van der Waals surface area contributed by atoms with E-state index in [1.165, 1.54) is 0 Å². The van der Waals surface area contributed by atoms with Gasteiger partial charge in [0.15, 0.2) is 0 Å². The Morgan fingerprint density at radius 3 is 0.500 bits per heavy atom. The van der Waals surface area contributed by atoms with Gasteiger partial charge in [0.05, 0.1) is 0 Å². The van der Waals surface area contributed by atoms with Crippen molar-refractivity contribution in [1.82, 2.24) is 0 Å². The van der Waals surface area contributed by atoms with Gasteiger partial charge in [-0.15, -0.1) is 0 Å². The first-order valence-corrected chi connectivity index (χ1v) is 0. The molecule has 34 valence electrons. The van der Waals surface area contributed by atoms with Crippen LogP contribution in [0.4, 0.5) is 0 Å². The summed E-state index contributed by atoms with van der Waals surface area (Å²) in [5.74, 6) is 0. The van der Waals surface area contributed by atoms with Crippen molar-refractivity contribution in [2.45, 2.75) is 0 Å². The van der Waals surface area contributed by atoms with Gasteiger partial charge in [-0.3, -0.25) is 0 Å². The molecule has 6 heavy (non-hydrogen) atoms. The van der Waals surface area contributed by atoms with E-state index in [0.29, 0.717) is 0 Å². The molecule has 0 amide bonds. The molecular weight excluding hydrogens is 409 g/mol. The Bertz CT molecular complexity index is 7.51. The second-order valence-corrected chi connectivity index (χ2v) is 0. The summed E-state index contributed by atoms with van der Waals surface area (Å²) < 4.78 is 0. The van der Waals surface area contributed by atoms with Crippen LogP contribution in [-0.4, -0.2) is 98.1 Å². The third-order valence-corrected chi connectivity index (χ3v) is 0. The van der Waals surface area contributed by atoms with Crippen molar-refractivity contribution in [2.24, 2.45) is 0 Å². The van der Waals surface area contributed by atoms with Crippen LogP contribution >= 0.6 is 0 Å². The molecule has 0 atom stereocenters. The van der Waals surface area contributed by atoms with Crippen LogP contribution < -0.4 is 0 Å². The molecule has 0 heterocycles. The van der Waals surface area contributed by atoms with Crippen molar-refractivity contribution in [2.75, 3.05) is 0 Å². The molecule has 0 aromatic carbocycles. The summed E-state index contributed by atoms with van der Waals surface area (Å²) in [5, 5.41) is 0. The standard InChI is InChI=1S/Ba.4H2O.Pb/h;4*1H2;/q+2;;;;;+2/p-4. The normalized spacial score (nSPS) is 0. The second kappa shape index (κ2) is 54.0. The van der Waals surface area contributed by atoms with Crippen LogP contribution in [0.15, 0.2) is 0 Å². The number of hydrogen-bond donors (Lipinski definition) is 0. The number of hydrogen-bond acceptors (Lipinski definition) is 4. The van der Waals surface area contributed by atoms with E-state index in [1.807, 2.05) is 0 Å². The summed E-state index contributed by atoms with van der Waals surface area (Å²) in [6.07, 6.45) is 0. The molecule has 0 aliphatic carbocycles. The molecule has 2 radical (unpaired) electrons. The maximum Gasteiger partial charge on any atom is 2.00 e. The fourth-order valence-electron chi connectivity index (χ4n) is 0. The molecule has 0 bridgehead atoms. The first kappa shape index (κ1) is 82.3. The average molecular weight is 413 g/mol. The van der Waals surface area contributed by atoms with Crippen molar-refractivity contribution < 1.29 is 21.9 Å². The van der Waals surface area contributed by atoms with E-state index >= 15 is 0 Å². The summed E-state index contributed by atoms with van der Waals surface area (Å²) in [7, 11) is 0. The Morgan fingerprint density at radius 2 is 0.500 bits per heavy atom. The molecular formula is H4BaO4Pb. The van der Waals surface area contributed by atoms with Crippen molar-refractivity contribution in [3.05, 3.63) is 0 Å². The summed E-state index contributed by atoms with van der Waals surface area (Å²) in [6.45, 7) is 0. The van der Waals surface area contributed by atoms with E-state index in [-0.39, 0.29) is 98.1 Å². The van der Waals surface area contributed by atoms with E-state index in [9.17, 15) is 0 Å². The van der Waals surface area contributed by atoms with Crippen LogP contribution in [0.5, 0.6) is 0 Å². The minimum absolute atomic E-state index is 0. The number of rotatable bonds is 0. The van der Waals surface area contributed by atoms with Gasteiger partial charge in [-0.2, -0.15) is 0 Å². The molecule has 0 rings (SSSR count). The van der Waals surface area contributed by atoms with Gasteiger partial charge >= 0.3 is 76.2 Å². The molecule has 0 aliphatic rings. The summed E-state index contributed by atoms with van der Waals surface area (Å²) in [5.41, 5.74) is 0. The van der Waals surface area contributed by atoms with Gasteiger partial charge < -0.3 is 21.9 Å². The average Bonchev–Trinajstić information content (AvgIpc) is 0. The molecule has 6 heteroatoms. The van der Waals surface area contributed by atoms with Gasteiger partial charge in [0, 0.05) is 0 Å². The zero-order chi connectivity index (χ0) is 0. The Kier molecular flexibility index (Phi) is 741.